The van der Waals surface area contributed by atoms with E-state index in [-0.39, 0.29) is 24.3 Å². The highest BCUT2D eigenvalue weighted by Gasteiger charge is 2.04. The number of benzene rings is 2. The van der Waals surface area contributed by atoms with Gasteiger partial charge in [0.15, 0.2) is 0 Å². The largest absolute Gasteiger partial charge is 0.478 e. The van der Waals surface area contributed by atoms with Gasteiger partial charge in [-0.05, 0) is 31.3 Å². The fourth-order valence-electron chi connectivity index (χ4n) is 1.84. The number of rotatable bonds is 6. The summed E-state index contributed by atoms with van der Waals surface area (Å²) in [5.41, 5.74) is 11.6. The van der Waals surface area contributed by atoms with Crippen LogP contribution in [0.25, 0.3) is 0 Å². The van der Waals surface area contributed by atoms with E-state index in [4.69, 9.17) is 31.9 Å². The van der Waals surface area contributed by atoms with Crippen LogP contribution in [0.15, 0.2) is 48.5 Å². The molecule has 0 saturated heterocycles. The highest BCUT2D eigenvalue weighted by molar-refractivity contribution is 5.93. The highest BCUT2D eigenvalue weighted by atomic mass is 16.4. The van der Waals surface area contributed by atoms with Crippen LogP contribution in [-0.4, -0.2) is 70.6 Å². The molecule has 0 bridgehead atoms. The molecule has 0 radical (unpaired) electrons. The summed E-state index contributed by atoms with van der Waals surface area (Å²) < 4.78 is 0. The molecule has 2 aromatic carbocycles. The van der Waals surface area contributed by atoms with Crippen molar-refractivity contribution in [1.29, 1.82) is 0 Å². The molecule has 2 rings (SSSR count). The van der Waals surface area contributed by atoms with Crippen molar-refractivity contribution in [3.63, 3.8) is 0 Å². The van der Waals surface area contributed by atoms with Crippen molar-refractivity contribution in [2.45, 2.75) is 0 Å². The molecule has 0 aliphatic heterocycles. The number of aliphatic hydroxyl groups is 2. The summed E-state index contributed by atoms with van der Waals surface area (Å²) in [5, 5.41) is 33.7. The maximum atomic E-state index is 10.3. The van der Waals surface area contributed by atoms with Crippen molar-refractivity contribution in [2.24, 2.45) is 0 Å². The molecule has 0 atom stereocenters. The fraction of sp³-hybridized carbons (Fsp3) is 0.263. The van der Waals surface area contributed by atoms with Crippen molar-refractivity contribution in [3.05, 3.63) is 59.7 Å². The number of para-hydroxylation sites is 2. The second-order valence-electron chi connectivity index (χ2n) is 5.54. The highest BCUT2D eigenvalue weighted by Crippen LogP contribution is 2.09. The smallest absolute Gasteiger partial charge is 0.337 e. The van der Waals surface area contributed by atoms with Crippen molar-refractivity contribution in [2.75, 3.05) is 44.8 Å². The standard InChI is InChI=1S/2C7H7NO2.C5H13NO2/c2*8-6-4-2-1-3-5(6)7(9)10;1-6(2-4-7)3-5-8/h2*1-4H,8H2,(H,9,10);7-8H,2-5H2,1H3. The Balaban J connectivity index is 0.000000394. The van der Waals surface area contributed by atoms with Crippen molar-refractivity contribution >= 4 is 23.3 Å². The predicted octanol–water partition coefficient (Wildman–Crippen LogP) is 0.837. The summed E-state index contributed by atoms with van der Waals surface area (Å²) in [5.74, 6) is -1.98. The molecule has 0 fully saturated rings. The number of anilines is 2. The van der Waals surface area contributed by atoms with E-state index in [0.717, 1.165) is 0 Å². The van der Waals surface area contributed by atoms with Crippen molar-refractivity contribution in [3.8, 4) is 0 Å². The van der Waals surface area contributed by atoms with Crippen LogP contribution in [0.3, 0.4) is 0 Å². The SMILES string of the molecule is CN(CCO)CCO.Nc1ccccc1C(=O)O.Nc1ccccc1C(=O)O. The van der Waals surface area contributed by atoms with Crippen LogP contribution in [0.5, 0.6) is 0 Å². The van der Waals surface area contributed by atoms with Crippen LogP contribution in [0.1, 0.15) is 20.7 Å². The minimum absolute atomic E-state index is 0.155. The molecule has 0 aromatic heterocycles. The molecule has 0 saturated carbocycles. The number of aliphatic hydroxyl groups excluding tert-OH is 2. The van der Waals surface area contributed by atoms with Crippen LogP contribution in [-0.2, 0) is 0 Å². The summed E-state index contributed by atoms with van der Waals surface area (Å²) in [7, 11) is 1.85. The summed E-state index contributed by atoms with van der Waals surface area (Å²) in [4.78, 5) is 22.5. The zero-order valence-corrected chi connectivity index (χ0v) is 15.7. The van der Waals surface area contributed by atoms with Gasteiger partial charge in [-0.1, -0.05) is 24.3 Å². The van der Waals surface area contributed by atoms with Gasteiger partial charge in [0, 0.05) is 24.5 Å². The number of nitrogens with zero attached hydrogens (tertiary/aromatic N) is 1. The molecule has 9 heteroatoms. The van der Waals surface area contributed by atoms with Gasteiger partial charge in [0.25, 0.3) is 0 Å². The van der Waals surface area contributed by atoms with Crippen molar-refractivity contribution in [1.82, 2.24) is 4.90 Å². The van der Waals surface area contributed by atoms with Crippen LogP contribution in [0.4, 0.5) is 11.4 Å². The van der Waals surface area contributed by atoms with Gasteiger partial charge in [-0.3, -0.25) is 0 Å². The average Bonchev–Trinajstić information content (AvgIpc) is 2.63. The molecule has 0 heterocycles. The molecule has 0 aliphatic carbocycles. The topological polar surface area (TPSA) is 170 Å². The molecule has 8 N–H and O–H groups in total. The summed E-state index contributed by atoms with van der Waals surface area (Å²) in [6.07, 6.45) is 0. The minimum Gasteiger partial charge on any atom is -0.478 e. The lowest BCUT2D eigenvalue weighted by Crippen LogP contribution is -2.25. The first-order valence-corrected chi connectivity index (χ1v) is 8.30. The zero-order valence-electron chi connectivity index (χ0n) is 15.7. The molecule has 9 nitrogen and oxygen atoms in total. The lowest BCUT2D eigenvalue weighted by atomic mass is 10.2. The first kappa shape index (κ1) is 24.9. The summed E-state index contributed by atoms with van der Waals surface area (Å²) in [6.45, 7) is 1.61. The number of likely N-dealkylation sites (N-methyl/N-ethyl adjacent to an activating group) is 1. The Morgan fingerprint density at radius 2 is 1.11 bits per heavy atom. The molecule has 2 aromatic rings. The van der Waals surface area contributed by atoms with Crippen LogP contribution in [0, 0.1) is 0 Å². The van der Waals surface area contributed by atoms with E-state index in [2.05, 4.69) is 0 Å². The third-order valence-corrected chi connectivity index (χ3v) is 3.35. The van der Waals surface area contributed by atoms with E-state index in [0.29, 0.717) is 24.5 Å². The van der Waals surface area contributed by atoms with Gasteiger partial charge in [-0.25, -0.2) is 9.59 Å². The van der Waals surface area contributed by atoms with Crippen LogP contribution < -0.4 is 11.5 Å². The predicted molar refractivity (Wildman–Crippen MR) is 107 cm³/mol. The first-order valence-electron chi connectivity index (χ1n) is 8.30. The van der Waals surface area contributed by atoms with Gasteiger partial charge >= 0.3 is 11.9 Å². The second-order valence-corrected chi connectivity index (χ2v) is 5.54. The normalized spacial score (nSPS) is 9.57. The van der Waals surface area contributed by atoms with Gasteiger partial charge < -0.3 is 36.8 Å². The molecule has 0 amide bonds. The molecule has 28 heavy (non-hydrogen) atoms. The zero-order chi connectivity index (χ0) is 21.5. The van der Waals surface area contributed by atoms with E-state index < -0.39 is 11.9 Å². The third kappa shape index (κ3) is 10.1. The monoisotopic (exact) mass is 393 g/mol. The number of nitrogens with two attached hydrogens (primary N) is 2. The Kier molecular flexibility index (Phi) is 12.4. The van der Waals surface area contributed by atoms with Crippen LogP contribution in [0.2, 0.25) is 0 Å². The maximum Gasteiger partial charge on any atom is 0.337 e. The lowest BCUT2D eigenvalue weighted by Gasteiger charge is -2.11. The number of hydrogen-bond donors (Lipinski definition) is 6. The number of carboxylic acid groups (broad SMARTS) is 2. The molecule has 0 unspecified atom stereocenters. The fourth-order valence-corrected chi connectivity index (χ4v) is 1.84. The maximum absolute atomic E-state index is 10.3. The summed E-state index contributed by atoms with van der Waals surface area (Å²) in [6, 6.07) is 12.7. The van der Waals surface area contributed by atoms with Gasteiger partial charge in [-0.2, -0.15) is 0 Å². The average molecular weight is 393 g/mol. The first-order chi connectivity index (χ1) is 13.2. The van der Waals surface area contributed by atoms with E-state index in [1.807, 2.05) is 11.9 Å². The van der Waals surface area contributed by atoms with Gasteiger partial charge in [0.2, 0.25) is 0 Å². The Morgan fingerprint density at radius 1 is 0.786 bits per heavy atom. The summed E-state index contributed by atoms with van der Waals surface area (Å²) >= 11 is 0. The van der Waals surface area contributed by atoms with E-state index >= 15 is 0 Å². The Bertz CT molecular complexity index is 678. The number of carbonyl (C=O) groups is 2. The van der Waals surface area contributed by atoms with Crippen LogP contribution >= 0.6 is 0 Å². The third-order valence-electron chi connectivity index (χ3n) is 3.35. The Labute approximate surface area is 163 Å². The Morgan fingerprint density at radius 3 is 1.32 bits per heavy atom. The Hall–Kier alpha value is -3.14. The lowest BCUT2D eigenvalue weighted by molar-refractivity contribution is 0.0687. The number of nitrogen functional groups attached to an aromatic ring is 2. The molecular formula is C19H27N3O6. The number of aromatic carboxylic acids is 2. The van der Waals surface area contributed by atoms with Gasteiger partial charge in [0.05, 0.1) is 24.3 Å². The van der Waals surface area contributed by atoms with E-state index in [1.54, 1.807) is 36.4 Å². The quantitative estimate of drug-likeness (QED) is 0.389. The number of hydrogen-bond acceptors (Lipinski definition) is 7. The number of carboxylic acids is 2. The van der Waals surface area contributed by atoms with Gasteiger partial charge in [-0.15, -0.1) is 0 Å². The second kappa shape index (κ2) is 14.0. The molecule has 0 aliphatic rings. The van der Waals surface area contributed by atoms with E-state index in [1.165, 1.54) is 12.1 Å². The molecule has 0 spiro atoms. The van der Waals surface area contributed by atoms with E-state index in [9.17, 15) is 9.59 Å². The van der Waals surface area contributed by atoms with Gasteiger partial charge in [0.1, 0.15) is 0 Å². The molecular weight excluding hydrogens is 366 g/mol. The minimum atomic E-state index is -0.988. The molecule has 154 valence electrons. The van der Waals surface area contributed by atoms with Crippen molar-refractivity contribution < 1.29 is 30.0 Å².